The van der Waals surface area contributed by atoms with E-state index in [1.165, 1.54) is 17.8 Å². The van der Waals surface area contributed by atoms with Gasteiger partial charge in [-0.25, -0.2) is 4.98 Å². The van der Waals surface area contributed by atoms with Crippen LogP contribution < -0.4 is 20.1 Å². The van der Waals surface area contributed by atoms with Gasteiger partial charge in [0.05, 0.1) is 6.54 Å². The summed E-state index contributed by atoms with van der Waals surface area (Å²) >= 11 is 0. The van der Waals surface area contributed by atoms with Gasteiger partial charge in [-0.05, 0) is 17.2 Å². The first kappa shape index (κ1) is 19.8. The van der Waals surface area contributed by atoms with Crippen molar-refractivity contribution >= 4 is 5.96 Å². The molecule has 6 nitrogen and oxygen atoms in total. The lowest BCUT2D eigenvalue weighted by molar-refractivity contribution is -0.154. The first-order valence-corrected chi connectivity index (χ1v) is 8.76. The van der Waals surface area contributed by atoms with E-state index in [1.54, 1.807) is 13.1 Å². The summed E-state index contributed by atoms with van der Waals surface area (Å²) < 4.78 is 46.9. The van der Waals surface area contributed by atoms with Gasteiger partial charge in [-0.15, -0.1) is 0 Å². The Morgan fingerprint density at radius 1 is 1.25 bits per heavy atom. The van der Waals surface area contributed by atoms with Crippen LogP contribution in [0.25, 0.3) is 0 Å². The highest BCUT2D eigenvalue weighted by Crippen LogP contribution is 2.27. The number of para-hydroxylation sites is 1. The SMILES string of the molecule is CN=C(NCc1ccc(OCC(F)(F)F)nc1)NCC1Cc2ccccc2O1. The van der Waals surface area contributed by atoms with Gasteiger partial charge >= 0.3 is 6.18 Å². The number of alkyl halides is 3. The molecule has 1 aliphatic rings. The Morgan fingerprint density at radius 2 is 2.07 bits per heavy atom. The molecule has 0 amide bonds. The number of hydrogen-bond acceptors (Lipinski definition) is 4. The van der Waals surface area contributed by atoms with Crippen LogP contribution in [0, 0.1) is 0 Å². The van der Waals surface area contributed by atoms with Gasteiger partial charge in [0.2, 0.25) is 5.88 Å². The van der Waals surface area contributed by atoms with Crippen LogP contribution in [0.5, 0.6) is 11.6 Å². The number of pyridine rings is 1. The van der Waals surface area contributed by atoms with Gasteiger partial charge < -0.3 is 20.1 Å². The average molecular weight is 394 g/mol. The van der Waals surface area contributed by atoms with E-state index in [0.29, 0.717) is 19.0 Å². The molecule has 2 aromatic rings. The normalized spacial score (nSPS) is 16.3. The molecule has 1 aromatic carbocycles. The largest absolute Gasteiger partial charge is 0.488 e. The molecule has 0 radical (unpaired) electrons. The number of aromatic nitrogens is 1. The van der Waals surface area contributed by atoms with E-state index in [0.717, 1.165) is 17.7 Å². The first-order chi connectivity index (χ1) is 13.4. The van der Waals surface area contributed by atoms with Crippen molar-refractivity contribution in [2.45, 2.75) is 25.2 Å². The van der Waals surface area contributed by atoms with E-state index in [1.807, 2.05) is 18.2 Å². The number of benzene rings is 1. The molecule has 1 atom stereocenters. The summed E-state index contributed by atoms with van der Waals surface area (Å²) in [5, 5.41) is 6.34. The number of nitrogens with zero attached hydrogens (tertiary/aromatic N) is 2. The fraction of sp³-hybridized carbons (Fsp3) is 0.368. The molecule has 9 heteroatoms. The number of hydrogen-bond donors (Lipinski definition) is 2. The van der Waals surface area contributed by atoms with E-state index in [9.17, 15) is 13.2 Å². The molecule has 2 heterocycles. The number of guanidine groups is 1. The third kappa shape index (κ3) is 5.77. The molecule has 28 heavy (non-hydrogen) atoms. The van der Waals surface area contributed by atoms with E-state index < -0.39 is 12.8 Å². The topological polar surface area (TPSA) is 67.8 Å². The van der Waals surface area contributed by atoms with Crippen LogP contribution in [0.3, 0.4) is 0 Å². The van der Waals surface area contributed by atoms with E-state index in [-0.39, 0.29) is 12.0 Å². The Balaban J connectivity index is 1.42. The van der Waals surface area contributed by atoms with Gasteiger partial charge in [-0.3, -0.25) is 4.99 Å². The molecule has 0 spiro atoms. The third-order valence-corrected chi connectivity index (χ3v) is 4.08. The van der Waals surface area contributed by atoms with Crippen molar-refractivity contribution < 1.29 is 22.6 Å². The molecule has 0 bridgehead atoms. The molecule has 0 saturated carbocycles. The monoisotopic (exact) mass is 394 g/mol. The minimum absolute atomic E-state index is 0.0303. The van der Waals surface area contributed by atoms with Gasteiger partial charge in [-0.1, -0.05) is 24.3 Å². The lowest BCUT2D eigenvalue weighted by Gasteiger charge is -2.15. The molecule has 0 aliphatic carbocycles. The summed E-state index contributed by atoms with van der Waals surface area (Å²) in [5.74, 6) is 1.44. The van der Waals surface area contributed by atoms with E-state index in [2.05, 4.69) is 31.4 Å². The predicted octanol–water partition coefficient (Wildman–Crippen LogP) is 2.69. The number of nitrogens with one attached hydrogen (secondary N) is 2. The van der Waals surface area contributed by atoms with Crippen molar-refractivity contribution in [1.29, 1.82) is 0 Å². The molecule has 3 rings (SSSR count). The van der Waals surface area contributed by atoms with Crippen LogP contribution in [0.2, 0.25) is 0 Å². The first-order valence-electron chi connectivity index (χ1n) is 8.76. The van der Waals surface area contributed by atoms with E-state index >= 15 is 0 Å². The maximum absolute atomic E-state index is 12.1. The maximum Gasteiger partial charge on any atom is 0.422 e. The Morgan fingerprint density at radius 3 is 2.75 bits per heavy atom. The van der Waals surface area contributed by atoms with Crippen LogP contribution in [0.1, 0.15) is 11.1 Å². The third-order valence-electron chi connectivity index (χ3n) is 4.08. The van der Waals surface area contributed by atoms with Crippen LogP contribution in [0.15, 0.2) is 47.6 Å². The highest BCUT2D eigenvalue weighted by molar-refractivity contribution is 5.79. The van der Waals surface area contributed by atoms with Crippen molar-refractivity contribution in [1.82, 2.24) is 15.6 Å². The van der Waals surface area contributed by atoms with Crippen molar-refractivity contribution in [2.24, 2.45) is 4.99 Å². The Bertz CT molecular complexity index is 785. The summed E-state index contributed by atoms with van der Waals surface area (Å²) in [7, 11) is 1.66. The number of ether oxygens (including phenoxy) is 2. The second-order valence-electron chi connectivity index (χ2n) is 6.27. The van der Waals surface area contributed by atoms with Gasteiger partial charge in [-0.2, -0.15) is 13.2 Å². The Kier molecular flexibility index (Phi) is 6.23. The minimum Gasteiger partial charge on any atom is -0.488 e. The highest BCUT2D eigenvalue weighted by Gasteiger charge is 2.28. The summed E-state index contributed by atoms with van der Waals surface area (Å²) in [4.78, 5) is 8.03. The number of fused-ring (bicyclic) bond motifs is 1. The molecule has 1 unspecified atom stereocenters. The maximum atomic E-state index is 12.1. The molecule has 0 saturated heterocycles. The number of halogens is 3. The van der Waals surface area contributed by atoms with Gasteiger partial charge in [0.15, 0.2) is 12.6 Å². The molecule has 1 aromatic heterocycles. The molecular formula is C19H21F3N4O2. The van der Waals surface area contributed by atoms with Crippen LogP contribution in [0.4, 0.5) is 13.2 Å². The summed E-state index contributed by atoms with van der Waals surface area (Å²) in [6, 6.07) is 11.0. The fourth-order valence-electron chi connectivity index (χ4n) is 2.74. The molecule has 150 valence electrons. The zero-order chi connectivity index (χ0) is 20.0. The second-order valence-corrected chi connectivity index (χ2v) is 6.27. The van der Waals surface area contributed by atoms with Gasteiger partial charge in [0.25, 0.3) is 0 Å². The lowest BCUT2D eigenvalue weighted by Crippen LogP contribution is -2.41. The van der Waals surface area contributed by atoms with Crippen molar-refractivity contribution in [3.8, 4) is 11.6 Å². The summed E-state index contributed by atoms with van der Waals surface area (Å²) in [6.07, 6.45) is -2.06. The smallest absolute Gasteiger partial charge is 0.422 e. The zero-order valence-corrected chi connectivity index (χ0v) is 15.3. The molecule has 2 N–H and O–H groups in total. The van der Waals surface area contributed by atoms with E-state index in [4.69, 9.17) is 4.74 Å². The molecule has 0 fully saturated rings. The average Bonchev–Trinajstić information content (AvgIpc) is 3.10. The molecular weight excluding hydrogens is 373 g/mol. The lowest BCUT2D eigenvalue weighted by atomic mass is 10.1. The van der Waals surface area contributed by atoms with Crippen molar-refractivity contribution in [3.05, 3.63) is 53.7 Å². The Labute approximate surface area is 160 Å². The predicted molar refractivity (Wildman–Crippen MR) is 98.6 cm³/mol. The van der Waals surface area contributed by atoms with Crippen LogP contribution in [-0.2, 0) is 13.0 Å². The second kappa shape index (κ2) is 8.81. The van der Waals surface area contributed by atoms with Crippen molar-refractivity contribution in [2.75, 3.05) is 20.2 Å². The quantitative estimate of drug-likeness (QED) is 0.583. The number of aliphatic imine (C=N–C) groups is 1. The summed E-state index contributed by atoms with van der Waals surface area (Å²) in [6.45, 7) is -0.351. The molecule has 1 aliphatic heterocycles. The van der Waals surface area contributed by atoms with Crippen LogP contribution in [-0.4, -0.2) is 43.4 Å². The Hall–Kier alpha value is -2.97. The van der Waals surface area contributed by atoms with Crippen LogP contribution >= 0.6 is 0 Å². The van der Waals surface area contributed by atoms with Gasteiger partial charge in [0, 0.05) is 32.3 Å². The number of rotatable bonds is 6. The van der Waals surface area contributed by atoms with Crippen molar-refractivity contribution in [3.63, 3.8) is 0 Å². The minimum atomic E-state index is -4.38. The van der Waals surface area contributed by atoms with Gasteiger partial charge in [0.1, 0.15) is 11.9 Å². The zero-order valence-electron chi connectivity index (χ0n) is 15.3. The fourth-order valence-corrected chi connectivity index (χ4v) is 2.74. The highest BCUT2D eigenvalue weighted by atomic mass is 19.4. The summed E-state index contributed by atoms with van der Waals surface area (Å²) in [5.41, 5.74) is 1.97. The standard InChI is InChI=1S/C19H21F3N4O2/c1-23-18(26-11-15-8-14-4-2-3-5-16(14)28-15)25-10-13-6-7-17(24-9-13)27-12-19(20,21)22/h2-7,9,15H,8,10-12H2,1H3,(H2,23,25,26).